The van der Waals surface area contributed by atoms with Gasteiger partial charge >= 0.3 is 0 Å². The molecule has 5 nitrogen and oxygen atoms in total. The van der Waals surface area contributed by atoms with Crippen LogP contribution in [0.2, 0.25) is 0 Å². The number of nitrogens with one attached hydrogen (secondary N) is 1. The summed E-state index contributed by atoms with van der Waals surface area (Å²) in [5.74, 6) is 1.47. The van der Waals surface area contributed by atoms with Crippen LogP contribution in [0, 0.1) is 0 Å². The van der Waals surface area contributed by atoms with Crippen LogP contribution in [0.5, 0.6) is 11.5 Å². The van der Waals surface area contributed by atoms with Gasteiger partial charge in [0, 0.05) is 37.7 Å². The smallest absolute Gasteiger partial charge is 0.254 e. The molecular formula is C15H21ClN2O3. The van der Waals surface area contributed by atoms with E-state index in [2.05, 4.69) is 12.2 Å². The summed E-state index contributed by atoms with van der Waals surface area (Å²) >= 11 is 0. The summed E-state index contributed by atoms with van der Waals surface area (Å²) in [6.07, 6.45) is 0.868. The van der Waals surface area contributed by atoms with Crippen LogP contribution in [0.15, 0.2) is 18.2 Å². The normalized spacial score (nSPS) is 21.2. The topological polar surface area (TPSA) is 50.8 Å². The predicted octanol–water partition coefficient (Wildman–Crippen LogP) is 1.70. The van der Waals surface area contributed by atoms with Crippen molar-refractivity contribution >= 4 is 18.3 Å². The number of fused-ring (bicyclic) bond motifs is 1. The van der Waals surface area contributed by atoms with E-state index in [0.29, 0.717) is 30.6 Å². The zero-order chi connectivity index (χ0) is 13.9. The van der Waals surface area contributed by atoms with Crippen molar-refractivity contribution in [1.82, 2.24) is 10.2 Å². The van der Waals surface area contributed by atoms with Crippen molar-refractivity contribution in [1.29, 1.82) is 0 Å². The zero-order valence-corrected chi connectivity index (χ0v) is 12.9. The average Bonchev–Trinajstić information content (AvgIpc) is 2.71. The standard InChI is InChI=1S/C15H20N2O3.ClH/c1-11-10-17(6-5-16-11)15(18)12-3-4-13-14(9-12)20-8-2-7-19-13;/h3-4,9,11,16H,2,5-8,10H2,1H3;1H. The minimum atomic E-state index is 0. The van der Waals surface area contributed by atoms with Gasteiger partial charge in [0.15, 0.2) is 11.5 Å². The van der Waals surface area contributed by atoms with Gasteiger partial charge in [0.2, 0.25) is 0 Å². The number of piperazine rings is 1. The van der Waals surface area contributed by atoms with Crippen LogP contribution in [-0.4, -0.2) is 49.7 Å². The van der Waals surface area contributed by atoms with Gasteiger partial charge in [0.05, 0.1) is 13.2 Å². The first-order valence-electron chi connectivity index (χ1n) is 7.16. The fraction of sp³-hybridized carbons (Fsp3) is 0.533. The highest BCUT2D eigenvalue weighted by Crippen LogP contribution is 2.30. The van der Waals surface area contributed by atoms with Gasteiger partial charge in [-0.05, 0) is 25.1 Å². The quantitative estimate of drug-likeness (QED) is 0.857. The van der Waals surface area contributed by atoms with Crippen LogP contribution in [-0.2, 0) is 0 Å². The summed E-state index contributed by atoms with van der Waals surface area (Å²) in [5, 5.41) is 3.34. The molecule has 0 spiro atoms. The van der Waals surface area contributed by atoms with Crippen LogP contribution in [0.1, 0.15) is 23.7 Å². The Morgan fingerprint density at radius 2 is 2.05 bits per heavy atom. The van der Waals surface area contributed by atoms with E-state index in [-0.39, 0.29) is 18.3 Å². The molecule has 0 aliphatic carbocycles. The number of carbonyl (C=O) groups is 1. The van der Waals surface area contributed by atoms with Gasteiger partial charge in [-0.1, -0.05) is 0 Å². The van der Waals surface area contributed by atoms with Gasteiger partial charge in [-0.2, -0.15) is 0 Å². The molecule has 2 aliphatic heterocycles. The van der Waals surface area contributed by atoms with Crippen molar-refractivity contribution in [2.75, 3.05) is 32.8 Å². The maximum absolute atomic E-state index is 12.5. The first kappa shape index (κ1) is 15.9. The van der Waals surface area contributed by atoms with Crippen LogP contribution >= 0.6 is 12.4 Å². The molecular weight excluding hydrogens is 292 g/mol. The molecule has 1 amide bonds. The number of benzene rings is 1. The Morgan fingerprint density at radius 3 is 2.81 bits per heavy atom. The number of nitrogens with zero attached hydrogens (tertiary/aromatic N) is 1. The molecule has 2 aliphatic rings. The van der Waals surface area contributed by atoms with Crippen LogP contribution in [0.3, 0.4) is 0 Å². The fourth-order valence-corrected chi connectivity index (χ4v) is 2.60. The van der Waals surface area contributed by atoms with Crippen molar-refractivity contribution in [3.8, 4) is 11.5 Å². The monoisotopic (exact) mass is 312 g/mol. The Balaban J connectivity index is 0.00000161. The summed E-state index contributed by atoms with van der Waals surface area (Å²) < 4.78 is 11.2. The number of hydrogen-bond acceptors (Lipinski definition) is 4. The molecule has 0 radical (unpaired) electrons. The number of ether oxygens (including phenoxy) is 2. The Hall–Kier alpha value is -1.46. The lowest BCUT2D eigenvalue weighted by Crippen LogP contribution is -2.51. The Kier molecular flexibility index (Phi) is 5.31. The maximum Gasteiger partial charge on any atom is 0.254 e. The number of amides is 1. The summed E-state index contributed by atoms with van der Waals surface area (Å²) in [6.45, 7) is 5.72. The number of carbonyl (C=O) groups excluding carboxylic acids is 1. The molecule has 0 bridgehead atoms. The number of halogens is 1. The zero-order valence-electron chi connectivity index (χ0n) is 12.1. The SMILES string of the molecule is CC1CN(C(=O)c2ccc3c(c2)OCCCO3)CCN1.Cl. The molecule has 1 aromatic carbocycles. The summed E-state index contributed by atoms with van der Waals surface area (Å²) in [4.78, 5) is 14.4. The molecule has 1 saturated heterocycles. The fourth-order valence-electron chi connectivity index (χ4n) is 2.60. The highest BCUT2D eigenvalue weighted by atomic mass is 35.5. The molecule has 1 fully saturated rings. The van der Waals surface area contributed by atoms with Gasteiger partial charge in [-0.25, -0.2) is 0 Å². The third-order valence-electron chi connectivity index (χ3n) is 3.65. The minimum absolute atomic E-state index is 0. The second-order valence-corrected chi connectivity index (χ2v) is 5.32. The van der Waals surface area contributed by atoms with Crippen molar-refractivity contribution in [2.24, 2.45) is 0 Å². The van der Waals surface area contributed by atoms with E-state index in [0.717, 1.165) is 31.8 Å². The van der Waals surface area contributed by atoms with Crippen LogP contribution in [0.4, 0.5) is 0 Å². The summed E-state index contributed by atoms with van der Waals surface area (Å²) in [7, 11) is 0. The number of rotatable bonds is 1. The second-order valence-electron chi connectivity index (χ2n) is 5.32. The highest BCUT2D eigenvalue weighted by molar-refractivity contribution is 5.95. The largest absolute Gasteiger partial charge is 0.490 e. The molecule has 21 heavy (non-hydrogen) atoms. The predicted molar refractivity (Wildman–Crippen MR) is 82.7 cm³/mol. The molecule has 0 saturated carbocycles. The first-order valence-corrected chi connectivity index (χ1v) is 7.16. The van der Waals surface area contributed by atoms with Gasteiger partial charge in [-0.3, -0.25) is 4.79 Å². The minimum Gasteiger partial charge on any atom is -0.490 e. The van der Waals surface area contributed by atoms with Gasteiger partial charge in [0.25, 0.3) is 5.91 Å². The van der Waals surface area contributed by atoms with Crippen molar-refractivity contribution in [3.63, 3.8) is 0 Å². The average molecular weight is 313 g/mol. The second kappa shape index (κ2) is 7.00. The van der Waals surface area contributed by atoms with E-state index < -0.39 is 0 Å². The molecule has 116 valence electrons. The van der Waals surface area contributed by atoms with Crippen molar-refractivity contribution < 1.29 is 14.3 Å². The van der Waals surface area contributed by atoms with Gasteiger partial charge in [0.1, 0.15) is 0 Å². The molecule has 3 rings (SSSR count). The van der Waals surface area contributed by atoms with Gasteiger partial charge in [-0.15, -0.1) is 12.4 Å². The van der Waals surface area contributed by atoms with E-state index in [1.54, 1.807) is 6.07 Å². The Morgan fingerprint density at radius 1 is 1.29 bits per heavy atom. The van der Waals surface area contributed by atoms with E-state index >= 15 is 0 Å². The third-order valence-corrected chi connectivity index (χ3v) is 3.65. The van der Waals surface area contributed by atoms with E-state index in [1.807, 2.05) is 17.0 Å². The Bertz CT molecular complexity index is 510. The lowest BCUT2D eigenvalue weighted by Gasteiger charge is -2.32. The molecule has 1 unspecified atom stereocenters. The molecule has 1 atom stereocenters. The van der Waals surface area contributed by atoms with Crippen molar-refractivity contribution in [3.05, 3.63) is 23.8 Å². The maximum atomic E-state index is 12.5. The van der Waals surface area contributed by atoms with Crippen LogP contribution < -0.4 is 14.8 Å². The van der Waals surface area contributed by atoms with Crippen LogP contribution in [0.25, 0.3) is 0 Å². The molecule has 1 N–H and O–H groups in total. The van der Waals surface area contributed by atoms with E-state index in [9.17, 15) is 4.79 Å². The van der Waals surface area contributed by atoms with Crippen molar-refractivity contribution in [2.45, 2.75) is 19.4 Å². The molecule has 1 aromatic rings. The lowest BCUT2D eigenvalue weighted by atomic mass is 10.1. The third kappa shape index (κ3) is 3.60. The number of hydrogen-bond donors (Lipinski definition) is 1. The molecule has 0 aromatic heterocycles. The van der Waals surface area contributed by atoms with E-state index in [1.165, 1.54) is 0 Å². The Labute approximate surface area is 131 Å². The summed E-state index contributed by atoms with van der Waals surface area (Å²) in [5.41, 5.74) is 0.670. The first-order chi connectivity index (χ1) is 9.74. The molecule has 6 heteroatoms. The highest BCUT2D eigenvalue weighted by Gasteiger charge is 2.23. The summed E-state index contributed by atoms with van der Waals surface area (Å²) in [6, 6.07) is 5.80. The van der Waals surface area contributed by atoms with Gasteiger partial charge < -0.3 is 19.7 Å². The van der Waals surface area contributed by atoms with E-state index in [4.69, 9.17) is 9.47 Å². The lowest BCUT2D eigenvalue weighted by molar-refractivity contribution is 0.0708. The molecule has 2 heterocycles.